The molecule has 1 heterocycles. The first kappa shape index (κ1) is 19.3. The zero-order valence-corrected chi connectivity index (χ0v) is 16.5. The molecule has 6 heteroatoms. The number of rotatable bonds is 7. The molecule has 0 spiro atoms. The summed E-state index contributed by atoms with van der Waals surface area (Å²) >= 11 is 0. The van der Waals surface area contributed by atoms with Crippen LogP contribution in [0.15, 0.2) is 36.4 Å². The number of hydrogen-bond acceptors (Lipinski definition) is 6. The zero-order valence-electron chi connectivity index (χ0n) is 16.5. The minimum absolute atomic E-state index is 0.0489. The van der Waals surface area contributed by atoms with Crippen molar-refractivity contribution in [2.75, 3.05) is 54.6 Å². The van der Waals surface area contributed by atoms with Gasteiger partial charge >= 0.3 is 0 Å². The lowest BCUT2D eigenvalue weighted by molar-refractivity contribution is 0.194. The highest BCUT2D eigenvalue weighted by Crippen LogP contribution is 2.45. The molecule has 0 saturated carbocycles. The van der Waals surface area contributed by atoms with E-state index in [9.17, 15) is 0 Å². The second-order valence-electron chi connectivity index (χ2n) is 6.39. The molecule has 0 aliphatic carbocycles. The van der Waals surface area contributed by atoms with Crippen LogP contribution in [0.25, 0.3) is 0 Å². The van der Waals surface area contributed by atoms with Gasteiger partial charge in [0.15, 0.2) is 11.5 Å². The summed E-state index contributed by atoms with van der Waals surface area (Å²) in [6.45, 7) is 3.83. The van der Waals surface area contributed by atoms with Gasteiger partial charge in [0.2, 0.25) is 5.75 Å². The lowest BCUT2D eigenvalue weighted by atomic mass is 9.95. The number of benzene rings is 2. The molecule has 0 bridgehead atoms. The molecule has 1 aliphatic heterocycles. The van der Waals surface area contributed by atoms with Crippen LogP contribution in [-0.4, -0.2) is 59.5 Å². The van der Waals surface area contributed by atoms with E-state index in [1.807, 2.05) is 18.2 Å². The van der Waals surface area contributed by atoms with Crippen molar-refractivity contribution in [2.45, 2.75) is 6.04 Å². The van der Waals surface area contributed by atoms with Crippen molar-refractivity contribution < 1.29 is 18.9 Å². The summed E-state index contributed by atoms with van der Waals surface area (Å²) in [6.07, 6.45) is 0. The maximum absolute atomic E-state index is 5.78. The second kappa shape index (κ2) is 8.97. The molecule has 146 valence electrons. The Kier molecular flexibility index (Phi) is 6.42. The van der Waals surface area contributed by atoms with Crippen LogP contribution in [-0.2, 0) is 0 Å². The molecule has 0 aromatic heterocycles. The summed E-state index contributed by atoms with van der Waals surface area (Å²) < 4.78 is 22.2. The summed E-state index contributed by atoms with van der Waals surface area (Å²) in [4.78, 5) is 2.46. The minimum atomic E-state index is 0.0489. The fraction of sp³-hybridized carbons (Fsp3) is 0.429. The van der Waals surface area contributed by atoms with Crippen molar-refractivity contribution in [3.05, 3.63) is 47.5 Å². The molecule has 6 nitrogen and oxygen atoms in total. The Hall–Kier alpha value is -2.44. The van der Waals surface area contributed by atoms with Crippen LogP contribution in [0.3, 0.4) is 0 Å². The van der Waals surface area contributed by atoms with Gasteiger partial charge in [0.25, 0.3) is 0 Å². The molecule has 2 aromatic rings. The van der Waals surface area contributed by atoms with E-state index >= 15 is 0 Å². The first-order valence-corrected chi connectivity index (χ1v) is 9.11. The van der Waals surface area contributed by atoms with Gasteiger partial charge in [0.05, 0.1) is 34.5 Å². The van der Waals surface area contributed by atoms with Gasteiger partial charge in [-0.25, -0.2) is 0 Å². The van der Waals surface area contributed by atoms with Crippen molar-refractivity contribution in [1.29, 1.82) is 0 Å². The van der Waals surface area contributed by atoms with E-state index in [0.29, 0.717) is 17.2 Å². The highest BCUT2D eigenvalue weighted by Gasteiger charge is 2.29. The summed E-state index contributed by atoms with van der Waals surface area (Å²) in [7, 11) is 6.62. The molecule has 2 aromatic carbocycles. The Morgan fingerprint density at radius 2 is 1.44 bits per heavy atom. The number of methoxy groups -OCH3 is 4. The Morgan fingerprint density at radius 1 is 0.778 bits per heavy atom. The fourth-order valence-corrected chi connectivity index (χ4v) is 3.65. The molecule has 1 aliphatic rings. The van der Waals surface area contributed by atoms with Crippen LogP contribution in [0, 0.1) is 0 Å². The molecule has 1 unspecified atom stereocenters. The smallest absolute Gasteiger partial charge is 0.203 e. The molecule has 1 fully saturated rings. The maximum Gasteiger partial charge on any atom is 0.203 e. The molecule has 3 rings (SSSR count). The summed E-state index contributed by atoms with van der Waals surface area (Å²) in [6, 6.07) is 12.3. The second-order valence-corrected chi connectivity index (χ2v) is 6.39. The lowest BCUT2D eigenvalue weighted by Crippen LogP contribution is -2.45. The van der Waals surface area contributed by atoms with Gasteiger partial charge in [-0.3, -0.25) is 4.90 Å². The molecule has 1 N–H and O–H groups in total. The monoisotopic (exact) mass is 372 g/mol. The third-order valence-corrected chi connectivity index (χ3v) is 4.98. The van der Waals surface area contributed by atoms with Crippen LogP contribution in [0.4, 0.5) is 0 Å². The molecular weight excluding hydrogens is 344 g/mol. The topological polar surface area (TPSA) is 52.2 Å². The van der Waals surface area contributed by atoms with Gasteiger partial charge in [-0.2, -0.15) is 0 Å². The van der Waals surface area contributed by atoms with Gasteiger partial charge < -0.3 is 24.3 Å². The number of piperazine rings is 1. The number of nitrogens with one attached hydrogen (secondary N) is 1. The van der Waals surface area contributed by atoms with Crippen LogP contribution in [0.2, 0.25) is 0 Å². The molecule has 27 heavy (non-hydrogen) atoms. The van der Waals surface area contributed by atoms with E-state index in [1.165, 1.54) is 5.56 Å². The Balaban J connectivity index is 2.11. The van der Waals surface area contributed by atoms with E-state index in [2.05, 4.69) is 28.4 Å². The molecule has 0 amide bonds. The first-order chi connectivity index (χ1) is 13.2. The third-order valence-electron chi connectivity index (χ3n) is 4.98. The minimum Gasteiger partial charge on any atom is -0.497 e. The molecule has 1 saturated heterocycles. The van der Waals surface area contributed by atoms with Crippen LogP contribution >= 0.6 is 0 Å². The predicted octanol–water partition coefficient (Wildman–Crippen LogP) is 2.72. The lowest BCUT2D eigenvalue weighted by Gasteiger charge is -2.36. The van der Waals surface area contributed by atoms with E-state index < -0.39 is 0 Å². The number of nitrogens with zero attached hydrogens (tertiary/aromatic N) is 1. The number of hydrogen-bond donors (Lipinski definition) is 1. The van der Waals surface area contributed by atoms with E-state index in [-0.39, 0.29) is 6.04 Å². The summed E-state index contributed by atoms with van der Waals surface area (Å²) in [5.41, 5.74) is 2.24. The highest BCUT2D eigenvalue weighted by atomic mass is 16.5. The van der Waals surface area contributed by atoms with Crippen LogP contribution < -0.4 is 24.3 Å². The van der Waals surface area contributed by atoms with Gasteiger partial charge in [-0.05, 0) is 29.8 Å². The Labute approximate surface area is 161 Å². The van der Waals surface area contributed by atoms with Gasteiger partial charge in [-0.1, -0.05) is 12.1 Å². The zero-order chi connectivity index (χ0) is 19.2. The average molecular weight is 372 g/mol. The van der Waals surface area contributed by atoms with E-state index in [1.54, 1.807) is 28.4 Å². The molecule has 1 atom stereocenters. The predicted molar refractivity (Wildman–Crippen MR) is 105 cm³/mol. The van der Waals surface area contributed by atoms with Crippen molar-refractivity contribution in [3.8, 4) is 23.0 Å². The van der Waals surface area contributed by atoms with Crippen molar-refractivity contribution in [1.82, 2.24) is 10.2 Å². The van der Waals surface area contributed by atoms with Crippen LogP contribution in [0.5, 0.6) is 23.0 Å². The first-order valence-electron chi connectivity index (χ1n) is 9.11. The van der Waals surface area contributed by atoms with Crippen molar-refractivity contribution in [3.63, 3.8) is 0 Å². The standard InChI is InChI=1S/C21H28N2O4/c1-24-16-7-5-15(6-8-16)19(23-13-11-22-12-14-23)17-9-10-18(25-2)21(27-4)20(17)26-3/h5-10,19,22H,11-14H2,1-4H3. The Bertz CT molecular complexity index is 743. The van der Waals surface area contributed by atoms with Crippen molar-refractivity contribution in [2.24, 2.45) is 0 Å². The SMILES string of the molecule is COc1ccc(C(c2ccc(OC)c(OC)c2OC)N2CCNCC2)cc1. The van der Waals surface area contributed by atoms with Gasteiger partial charge in [0, 0.05) is 31.7 Å². The largest absolute Gasteiger partial charge is 0.497 e. The highest BCUT2D eigenvalue weighted by molar-refractivity contribution is 5.58. The van der Waals surface area contributed by atoms with Gasteiger partial charge in [-0.15, -0.1) is 0 Å². The van der Waals surface area contributed by atoms with Crippen molar-refractivity contribution >= 4 is 0 Å². The van der Waals surface area contributed by atoms with E-state index in [0.717, 1.165) is 37.5 Å². The normalized spacial score (nSPS) is 15.9. The quantitative estimate of drug-likeness (QED) is 0.807. The van der Waals surface area contributed by atoms with Gasteiger partial charge in [0.1, 0.15) is 5.75 Å². The third kappa shape index (κ3) is 3.96. The maximum atomic E-state index is 5.78. The molecule has 0 radical (unpaired) electrons. The Morgan fingerprint density at radius 3 is 2.00 bits per heavy atom. The average Bonchev–Trinajstić information content (AvgIpc) is 2.74. The van der Waals surface area contributed by atoms with E-state index in [4.69, 9.17) is 18.9 Å². The summed E-state index contributed by atoms with van der Waals surface area (Å²) in [5.74, 6) is 2.83. The summed E-state index contributed by atoms with van der Waals surface area (Å²) in [5, 5.41) is 3.42. The molecular formula is C21H28N2O4. The van der Waals surface area contributed by atoms with Crippen LogP contribution in [0.1, 0.15) is 17.2 Å². The fourth-order valence-electron chi connectivity index (χ4n) is 3.65. The number of ether oxygens (including phenoxy) is 4.